The molecule has 4 nitrogen and oxygen atoms in total. The zero-order valence-corrected chi connectivity index (χ0v) is 12.4. The highest BCUT2D eigenvalue weighted by Crippen LogP contribution is 2.25. The fourth-order valence-electron chi connectivity index (χ4n) is 2.89. The predicted octanol–water partition coefficient (Wildman–Crippen LogP) is 2.41. The van der Waals surface area contributed by atoms with Gasteiger partial charge in [-0.05, 0) is 25.8 Å². The number of rotatable bonds is 4. The number of nitrogens with one attached hydrogen (secondary N) is 1. The van der Waals surface area contributed by atoms with Crippen molar-refractivity contribution in [2.75, 3.05) is 12.3 Å². The lowest BCUT2D eigenvalue weighted by atomic mass is 10.1. The monoisotopic (exact) mass is 293 g/mol. The fourth-order valence-corrected chi connectivity index (χ4v) is 4.69. The first-order valence-corrected chi connectivity index (χ1v) is 8.69. The van der Waals surface area contributed by atoms with E-state index in [1.807, 2.05) is 31.2 Å². The van der Waals surface area contributed by atoms with Crippen LogP contribution in [0.15, 0.2) is 28.7 Å². The lowest BCUT2D eigenvalue weighted by molar-refractivity contribution is 0.557. The highest BCUT2D eigenvalue weighted by molar-refractivity contribution is 7.92. The molecule has 1 aliphatic heterocycles. The van der Waals surface area contributed by atoms with Crippen LogP contribution in [0.1, 0.15) is 24.2 Å². The van der Waals surface area contributed by atoms with Crippen LogP contribution in [0.3, 0.4) is 0 Å². The highest BCUT2D eigenvalue weighted by Gasteiger charge is 2.30. The van der Waals surface area contributed by atoms with E-state index in [1.54, 1.807) is 0 Å². The van der Waals surface area contributed by atoms with Crippen molar-refractivity contribution in [2.24, 2.45) is 0 Å². The lowest BCUT2D eigenvalue weighted by Crippen LogP contribution is -2.30. The van der Waals surface area contributed by atoms with E-state index in [0.29, 0.717) is 18.8 Å². The van der Waals surface area contributed by atoms with Crippen molar-refractivity contribution in [3.8, 4) is 0 Å². The molecule has 1 atom stereocenters. The molecule has 1 saturated heterocycles. The van der Waals surface area contributed by atoms with Crippen LogP contribution in [-0.2, 0) is 16.4 Å². The second kappa shape index (κ2) is 5.22. The van der Waals surface area contributed by atoms with Gasteiger partial charge in [0.2, 0.25) is 0 Å². The first-order chi connectivity index (χ1) is 9.58. The second-order valence-electron chi connectivity index (χ2n) is 5.40. The summed E-state index contributed by atoms with van der Waals surface area (Å²) in [5, 5.41) is 4.16. The Labute approximate surface area is 119 Å². The molecule has 0 saturated carbocycles. The molecule has 1 aliphatic rings. The van der Waals surface area contributed by atoms with E-state index >= 15 is 0 Å². The molecule has 1 aromatic carbocycles. The first-order valence-electron chi connectivity index (χ1n) is 6.97. The quantitative estimate of drug-likeness (QED) is 0.940. The number of furan rings is 1. The molecule has 1 N–H and O–H groups in total. The van der Waals surface area contributed by atoms with Crippen LogP contribution >= 0.6 is 0 Å². The molecule has 3 rings (SSSR count). The lowest BCUT2D eigenvalue weighted by Gasteiger charge is -2.10. The Bertz CT molecular complexity index is 718. The van der Waals surface area contributed by atoms with Crippen LogP contribution in [0, 0.1) is 6.92 Å². The summed E-state index contributed by atoms with van der Waals surface area (Å²) in [6.45, 7) is 3.12. The minimum atomic E-state index is -2.87. The van der Waals surface area contributed by atoms with Gasteiger partial charge in [0.05, 0.1) is 11.0 Å². The molecule has 1 fully saturated rings. The van der Waals surface area contributed by atoms with E-state index < -0.39 is 9.84 Å². The van der Waals surface area contributed by atoms with Crippen molar-refractivity contribution in [2.45, 2.75) is 31.6 Å². The molecule has 1 unspecified atom stereocenters. The second-order valence-corrected chi connectivity index (χ2v) is 7.80. The molecule has 5 heteroatoms. The van der Waals surface area contributed by atoms with E-state index in [2.05, 4.69) is 5.32 Å². The highest BCUT2D eigenvalue weighted by atomic mass is 32.2. The average molecular weight is 293 g/mol. The topological polar surface area (TPSA) is 59.3 Å². The maximum atomic E-state index is 11.8. The summed E-state index contributed by atoms with van der Waals surface area (Å²) in [4.78, 5) is 0. The number of benzene rings is 1. The number of hydrogen-bond acceptors (Lipinski definition) is 4. The van der Waals surface area contributed by atoms with Gasteiger partial charge in [0.15, 0.2) is 9.84 Å². The zero-order valence-electron chi connectivity index (χ0n) is 11.6. The van der Waals surface area contributed by atoms with Gasteiger partial charge in [-0.15, -0.1) is 0 Å². The van der Waals surface area contributed by atoms with Gasteiger partial charge in [0, 0.05) is 24.0 Å². The minimum Gasteiger partial charge on any atom is -0.461 e. The van der Waals surface area contributed by atoms with Gasteiger partial charge < -0.3 is 9.73 Å². The molecule has 108 valence electrons. The standard InChI is InChI=1S/C15H19NO3S/c1-11-14(13-6-2-3-7-15(13)19-11)10-16-9-12-5-4-8-20(12,17)18/h2-3,6-7,12,16H,4-5,8-10H2,1H3. The third-order valence-electron chi connectivity index (χ3n) is 4.04. The van der Waals surface area contributed by atoms with E-state index in [-0.39, 0.29) is 5.25 Å². The molecule has 0 aliphatic carbocycles. The van der Waals surface area contributed by atoms with E-state index in [1.165, 1.54) is 0 Å². The SMILES string of the molecule is Cc1oc2ccccc2c1CNCC1CCCS1(=O)=O. The van der Waals surface area contributed by atoms with E-state index in [9.17, 15) is 8.42 Å². The minimum absolute atomic E-state index is 0.221. The van der Waals surface area contributed by atoms with Gasteiger partial charge in [-0.3, -0.25) is 0 Å². The fraction of sp³-hybridized carbons (Fsp3) is 0.467. The Morgan fingerprint density at radius 2 is 2.15 bits per heavy atom. The van der Waals surface area contributed by atoms with Gasteiger partial charge >= 0.3 is 0 Å². The van der Waals surface area contributed by atoms with Crippen LogP contribution in [0.5, 0.6) is 0 Å². The number of hydrogen-bond donors (Lipinski definition) is 1. The molecular weight excluding hydrogens is 274 g/mol. The van der Waals surface area contributed by atoms with Crippen LogP contribution in [-0.4, -0.2) is 26.0 Å². The molecule has 2 aromatic rings. The number of sulfone groups is 1. The van der Waals surface area contributed by atoms with Crippen molar-refractivity contribution in [3.63, 3.8) is 0 Å². The zero-order chi connectivity index (χ0) is 14.2. The van der Waals surface area contributed by atoms with Gasteiger partial charge in [-0.2, -0.15) is 0 Å². The molecule has 0 amide bonds. The summed E-state index contributed by atoms with van der Waals surface area (Å²) >= 11 is 0. The summed E-state index contributed by atoms with van der Waals surface area (Å²) in [6.07, 6.45) is 1.57. The molecular formula is C15H19NO3S. The van der Waals surface area contributed by atoms with Gasteiger partial charge in [-0.25, -0.2) is 8.42 Å². The Balaban J connectivity index is 1.70. The van der Waals surface area contributed by atoms with Crippen molar-refractivity contribution < 1.29 is 12.8 Å². The largest absolute Gasteiger partial charge is 0.461 e. The predicted molar refractivity (Wildman–Crippen MR) is 79.5 cm³/mol. The summed E-state index contributed by atoms with van der Waals surface area (Å²) in [5.41, 5.74) is 2.01. The van der Waals surface area contributed by atoms with Crippen LogP contribution < -0.4 is 5.32 Å². The molecule has 1 aromatic heterocycles. The van der Waals surface area contributed by atoms with Crippen LogP contribution in [0.25, 0.3) is 11.0 Å². The van der Waals surface area contributed by atoms with Gasteiger partial charge in [0.25, 0.3) is 0 Å². The summed E-state index contributed by atoms with van der Waals surface area (Å²) in [5.74, 6) is 1.24. The Hall–Kier alpha value is -1.33. The van der Waals surface area contributed by atoms with Crippen molar-refractivity contribution in [1.82, 2.24) is 5.32 Å². The van der Waals surface area contributed by atoms with E-state index in [4.69, 9.17) is 4.42 Å². The third-order valence-corrected chi connectivity index (χ3v) is 6.31. The van der Waals surface area contributed by atoms with Crippen molar-refractivity contribution in [1.29, 1.82) is 0 Å². The average Bonchev–Trinajstić information content (AvgIpc) is 2.90. The molecule has 0 radical (unpaired) electrons. The Kier molecular flexibility index (Phi) is 3.56. The Morgan fingerprint density at radius 3 is 2.90 bits per heavy atom. The molecule has 2 heterocycles. The van der Waals surface area contributed by atoms with Gasteiger partial charge in [0.1, 0.15) is 11.3 Å². The molecule has 0 spiro atoms. The van der Waals surface area contributed by atoms with E-state index in [0.717, 1.165) is 35.1 Å². The Morgan fingerprint density at radius 1 is 1.35 bits per heavy atom. The summed E-state index contributed by atoms with van der Waals surface area (Å²) in [7, 11) is -2.87. The van der Waals surface area contributed by atoms with Crippen LogP contribution in [0.2, 0.25) is 0 Å². The number of para-hydroxylation sites is 1. The molecule has 20 heavy (non-hydrogen) atoms. The van der Waals surface area contributed by atoms with Gasteiger partial charge in [-0.1, -0.05) is 18.2 Å². The summed E-state index contributed by atoms with van der Waals surface area (Å²) in [6, 6.07) is 7.93. The first kappa shape index (κ1) is 13.6. The maximum Gasteiger partial charge on any atom is 0.154 e. The van der Waals surface area contributed by atoms with Crippen LogP contribution in [0.4, 0.5) is 0 Å². The normalized spacial score (nSPS) is 21.6. The summed E-state index contributed by atoms with van der Waals surface area (Å²) < 4.78 is 29.3. The number of aryl methyl sites for hydroxylation is 1. The smallest absolute Gasteiger partial charge is 0.154 e. The van der Waals surface area contributed by atoms with Crippen molar-refractivity contribution >= 4 is 20.8 Å². The molecule has 0 bridgehead atoms. The van der Waals surface area contributed by atoms with Crippen molar-refractivity contribution in [3.05, 3.63) is 35.6 Å². The third kappa shape index (κ3) is 2.47. The number of fused-ring (bicyclic) bond motifs is 1. The maximum absolute atomic E-state index is 11.8.